The number of aliphatic imine (C=N–C) groups is 1. The molecule has 24 heavy (non-hydrogen) atoms. The Kier molecular flexibility index (Phi) is 4.67. The normalized spacial score (nSPS) is 15.4. The van der Waals surface area contributed by atoms with Crippen LogP contribution in [0.3, 0.4) is 0 Å². The largest absolute Gasteiger partial charge is 0.378 e. The lowest BCUT2D eigenvalue weighted by Crippen LogP contribution is -2.25. The second kappa shape index (κ2) is 6.89. The average molecular weight is 340 g/mol. The number of amides is 1. The molecule has 0 radical (unpaired) electrons. The number of carbonyl (C=O) groups excluding carboxylic acids is 1. The van der Waals surface area contributed by atoms with Gasteiger partial charge in [0.1, 0.15) is 11.5 Å². The Bertz CT molecular complexity index is 806. The zero-order valence-electron chi connectivity index (χ0n) is 13.6. The number of benzene rings is 2. The molecule has 5 heteroatoms. The molecule has 122 valence electrons. The van der Waals surface area contributed by atoms with E-state index in [1.807, 2.05) is 67.5 Å². The number of amidine groups is 1. The highest BCUT2D eigenvalue weighted by Gasteiger charge is 2.19. The number of carbonyl (C=O) groups is 1. The van der Waals surface area contributed by atoms with Crippen molar-refractivity contribution in [2.24, 2.45) is 4.99 Å². The molecule has 0 saturated heterocycles. The van der Waals surface area contributed by atoms with E-state index in [4.69, 9.17) is 11.6 Å². The second-order valence-electron chi connectivity index (χ2n) is 5.83. The maximum Gasteiger partial charge on any atom is 0.275 e. The fourth-order valence-corrected chi connectivity index (χ4v) is 2.55. The molecule has 0 bridgehead atoms. The smallest absolute Gasteiger partial charge is 0.275 e. The quantitative estimate of drug-likeness (QED) is 0.866. The summed E-state index contributed by atoms with van der Waals surface area (Å²) in [4.78, 5) is 18.5. The molecule has 3 rings (SSSR count). The van der Waals surface area contributed by atoms with Crippen molar-refractivity contribution in [2.75, 3.05) is 19.0 Å². The summed E-state index contributed by atoms with van der Waals surface area (Å²) < 4.78 is 0. The fraction of sp³-hybridized carbons (Fsp3) is 0.158. The topological polar surface area (TPSA) is 44.7 Å². The lowest BCUT2D eigenvalue weighted by Gasteiger charge is -2.11. The van der Waals surface area contributed by atoms with E-state index in [9.17, 15) is 4.79 Å². The van der Waals surface area contributed by atoms with Crippen molar-refractivity contribution in [1.82, 2.24) is 5.32 Å². The lowest BCUT2D eigenvalue weighted by atomic mass is 10.1. The first kappa shape index (κ1) is 16.3. The second-order valence-corrected chi connectivity index (χ2v) is 6.27. The molecule has 2 aromatic rings. The molecule has 0 spiro atoms. The summed E-state index contributed by atoms with van der Waals surface area (Å²) in [6.45, 7) is 0. The van der Waals surface area contributed by atoms with Crippen molar-refractivity contribution in [1.29, 1.82) is 0 Å². The molecule has 0 aromatic heterocycles. The van der Waals surface area contributed by atoms with Crippen LogP contribution in [-0.4, -0.2) is 25.8 Å². The first-order chi connectivity index (χ1) is 11.5. The van der Waals surface area contributed by atoms with Crippen LogP contribution in [-0.2, 0) is 11.2 Å². The van der Waals surface area contributed by atoms with E-state index in [0.29, 0.717) is 23.0 Å². The van der Waals surface area contributed by atoms with Crippen LogP contribution in [0.15, 0.2) is 59.2 Å². The van der Waals surface area contributed by atoms with Gasteiger partial charge in [-0.2, -0.15) is 0 Å². The molecule has 0 saturated carbocycles. The van der Waals surface area contributed by atoms with Crippen molar-refractivity contribution < 1.29 is 4.79 Å². The van der Waals surface area contributed by atoms with E-state index >= 15 is 0 Å². The Balaban J connectivity index is 1.76. The summed E-state index contributed by atoms with van der Waals surface area (Å²) in [5.41, 5.74) is 3.54. The number of nitrogens with zero attached hydrogens (tertiary/aromatic N) is 2. The number of hydrogen-bond acceptors (Lipinski definition) is 3. The van der Waals surface area contributed by atoms with Gasteiger partial charge in [0.2, 0.25) is 0 Å². The Morgan fingerprint density at radius 3 is 2.38 bits per heavy atom. The Morgan fingerprint density at radius 1 is 1.08 bits per heavy atom. The van der Waals surface area contributed by atoms with Crippen LogP contribution in [0.2, 0.25) is 5.02 Å². The third-order valence-electron chi connectivity index (χ3n) is 3.74. The van der Waals surface area contributed by atoms with Gasteiger partial charge in [0, 0.05) is 31.2 Å². The number of anilines is 1. The van der Waals surface area contributed by atoms with Gasteiger partial charge >= 0.3 is 0 Å². The van der Waals surface area contributed by atoms with Gasteiger partial charge in [0.05, 0.1) is 0 Å². The van der Waals surface area contributed by atoms with E-state index in [2.05, 4.69) is 10.3 Å². The summed E-state index contributed by atoms with van der Waals surface area (Å²) in [6.07, 6.45) is 2.36. The number of hydrogen-bond donors (Lipinski definition) is 1. The monoisotopic (exact) mass is 339 g/mol. The van der Waals surface area contributed by atoms with Crippen LogP contribution in [0.4, 0.5) is 5.69 Å². The minimum atomic E-state index is -0.171. The van der Waals surface area contributed by atoms with Gasteiger partial charge in [-0.25, -0.2) is 4.99 Å². The molecule has 0 unspecified atom stereocenters. The third-order valence-corrected chi connectivity index (χ3v) is 4.00. The van der Waals surface area contributed by atoms with Crippen molar-refractivity contribution in [3.05, 3.63) is 70.4 Å². The first-order valence-electron chi connectivity index (χ1n) is 7.64. The molecule has 0 aliphatic carbocycles. The highest BCUT2D eigenvalue weighted by Crippen LogP contribution is 2.18. The Morgan fingerprint density at radius 2 is 1.75 bits per heavy atom. The molecule has 1 aliphatic heterocycles. The predicted octanol–water partition coefficient (Wildman–Crippen LogP) is 3.52. The molecule has 1 aliphatic rings. The van der Waals surface area contributed by atoms with Gasteiger partial charge in [0.15, 0.2) is 0 Å². The zero-order valence-corrected chi connectivity index (χ0v) is 14.3. The van der Waals surface area contributed by atoms with E-state index in [-0.39, 0.29) is 5.91 Å². The summed E-state index contributed by atoms with van der Waals surface area (Å²) in [7, 11) is 3.98. The Labute approximate surface area is 146 Å². The van der Waals surface area contributed by atoms with Crippen LogP contribution >= 0.6 is 11.6 Å². The number of rotatable bonds is 4. The highest BCUT2D eigenvalue weighted by molar-refractivity contribution is 6.30. The predicted molar refractivity (Wildman–Crippen MR) is 99.5 cm³/mol. The van der Waals surface area contributed by atoms with E-state index < -0.39 is 0 Å². The van der Waals surface area contributed by atoms with Crippen molar-refractivity contribution in [3.63, 3.8) is 0 Å². The molecular weight excluding hydrogens is 322 g/mol. The van der Waals surface area contributed by atoms with Gasteiger partial charge < -0.3 is 10.2 Å². The fourth-order valence-electron chi connectivity index (χ4n) is 2.42. The minimum absolute atomic E-state index is 0.171. The third kappa shape index (κ3) is 3.84. The molecule has 0 fully saturated rings. The van der Waals surface area contributed by atoms with Crippen molar-refractivity contribution in [3.8, 4) is 0 Å². The van der Waals surface area contributed by atoms with Gasteiger partial charge in [-0.1, -0.05) is 35.9 Å². The lowest BCUT2D eigenvalue weighted by molar-refractivity contribution is -0.115. The first-order valence-corrected chi connectivity index (χ1v) is 8.01. The van der Waals surface area contributed by atoms with Crippen LogP contribution in [0.1, 0.15) is 11.1 Å². The van der Waals surface area contributed by atoms with Crippen LogP contribution in [0, 0.1) is 0 Å². The van der Waals surface area contributed by atoms with Crippen molar-refractivity contribution in [2.45, 2.75) is 6.42 Å². The van der Waals surface area contributed by atoms with Gasteiger partial charge in [-0.05, 0) is 41.5 Å². The Hall–Kier alpha value is -2.59. The SMILES string of the molecule is CN(C)c1ccc(/C=C2/N=C(Cc3ccc(Cl)cc3)NC2=O)cc1. The maximum absolute atomic E-state index is 12.1. The van der Waals surface area contributed by atoms with Crippen LogP contribution < -0.4 is 10.2 Å². The molecule has 0 atom stereocenters. The van der Waals surface area contributed by atoms with Crippen LogP contribution in [0.25, 0.3) is 6.08 Å². The molecule has 1 amide bonds. The molecule has 2 aromatic carbocycles. The zero-order chi connectivity index (χ0) is 17.1. The van der Waals surface area contributed by atoms with Crippen molar-refractivity contribution >= 4 is 35.1 Å². The number of nitrogens with one attached hydrogen (secondary N) is 1. The molecule has 1 heterocycles. The molecule has 1 N–H and O–H groups in total. The minimum Gasteiger partial charge on any atom is -0.378 e. The summed E-state index contributed by atoms with van der Waals surface area (Å²) in [5.74, 6) is 0.481. The maximum atomic E-state index is 12.1. The highest BCUT2D eigenvalue weighted by atomic mass is 35.5. The number of halogens is 1. The summed E-state index contributed by atoms with van der Waals surface area (Å²) in [5, 5.41) is 3.51. The van der Waals surface area contributed by atoms with Gasteiger partial charge in [-0.3, -0.25) is 4.79 Å². The molecule has 4 nitrogen and oxygen atoms in total. The summed E-state index contributed by atoms with van der Waals surface area (Å²) >= 11 is 5.88. The standard InChI is InChI=1S/C19H18ClN3O/c1-23(2)16-9-5-13(6-10-16)11-17-19(24)22-18(21-17)12-14-3-7-15(20)8-4-14/h3-11H,12H2,1-2H3,(H,21,22,24)/b17-11+. The van der Waals surface area contributed by atoms with E-state index in [0.717, 1.165) is 16.8 Å². The van der Waals surface area contributed by atoms with E-state index in [1.165, 1.54) is 0 Å². The van der Waals surface area contributed by atoms with Crippen LogP contribution in [0.5, 0.6) is 0 Å². The van der Waals surface area contributed by atoms with Gasteiger partial charge in [0.25, 0.3) is 5.91 Å². The van der Waals surface area contributed by atoms with E-state index in [1.54, 1.807) is 6.08 Å². The average Bonchev–Trinajstić information content (AvgIpc) is 2.89. The van der Waals surface area contributed by atoms with Gasteiger partial charge in [-0.15, -0.1) is 0 Å². The molecular formula is C19H18ClN3O. The summed E-state index contributed by atoms with van der Waals surface area (Å²) in [6, 6.07) is 15.5.